The summed E-state index contributed by atoms with van der Waals surface area (Å²) in [5, 5.41) is 7.55. The van der Waals surface area contributed by atoms with Crippen molar-refractivity contribution in [3.05, 3.63) is 187 Å². The summed E-state index contributed by atoms with van der Waals surface area (Å²) < 4.78 is 6.32. The third kappa shape index (κ3) is 4.40. The standard InChI is InChI=1S/C49H34O/c1-31-28-29-36-35(38-25-13-27-45-48(38)43-22-9-10-26-44(43)50-45)23-12-24-37(36)46(31)49-41-20-7-5-18-39(41)47(40-19-6-8-21-42(40)49)34-17-11-16-33(30-34)32-14-3-2-4-15-32/h2-31,46H,1H3. The number of allylic oxidation sites excluding steroid dienone is 1. The first-order chi connectivity index (χ1) is 24.7. The first-order valence-corrected chi connectivity index (χ1v) is 17.6. The number of para-hydroxylation sites is 1. The van der Waals surface area contributed by atoms with Crippen LogP contribution in [-0.2, 0) is 0 Å². The van der Waals surface area contributed by atoms with Crippen molar-refractivity contribution in [1.82, 2.24) is 0 Å². The van der Waals surface area contributed by atoms with Crippen LogP contribution in [0.3, 0.4) is 0 Å². The number of benzene rings is 8. The molecule has 0 aliphatic heterocycles. The van der Waals surface area contributed by atoms with E-state index in [4.69, 9.17) is 4.42 Å². The van der Waals surface area contributed by atoms with Gasteiger partial charge in [0.15, 0.2) is 0 Å². The van der Waals surface area contributed by atoms with Gasteiger partial charge in [-0.1, -0.05) is 165 Å². The zero-order chi connectivity index (χ0) is 33.2. The van der Waals surface area contributed by atoms with E-state index >= 15 is 0 Å². The van der Waals surface area contributed by atoms with Gasteiger partial charge in [-0.05, 0) is 95.7 Å². The van der Waals surface area contributed by atoms with Gasteiger partial charge in [0.2, 0.25) is 0 Å². The number of hydrogen-bond donors (Lipinski definition) is 0. The Morgan fingerprint density at radius 3 is 1.82 bits per heavy atom. The summed E-state index contributed by atoms with van der Waals surface area (Å²) in [7, 11) is 0. The van der Waals surface area contributed by atoms with Gasteiger partial charge in [-0.2, -0.15) is 0 Å². The second kappa shape index (κ2) is 11.5. The summed E-state index contributed by atoms with van der Waals surface area (Å²) >= 11 is 0. The minimum atomic E-state index is 0.176. The molecule has 8 aromatic carbocycles. The molecule has 1 heterocycles. The second-order valence-electron chi connectivity index (χ2n) is 13.6. The van der Waals surface area contributed by atoms with Crippen molar-refractivity contribution in [2.75, 3.05) is 0 Å². The molecule has 236 valence electrons. The zero-order valence-electron chi connectivity index (χ0n) is 27.8. The summed E-state index contributed by atoms with van der Waals surface area (Å²) in [6, 6.07) is 59.6. The fourth-order valence-corrected chi connectivity index (χ4v) is 8.63. The van der Waals surface area contributed by atoms with E-state index in [-0.39, 0.29) is 5.92 Å². The summed E-state index contributed by atoms with van der Waals surface area (Å²) in [6.07, 6.45) is 4.78. The van der Waals surface area contributed by atoms with E-state index in [1.807, 2.05) is 6.07 Å². The molecule has 0 amide bonds. The predicted molar refractivity (Wildman–Crippen MR) is 212 cm³/mol. The normalized spacial score (nSPS) is 15.6. The van der Waals surface area contributed by atoms with Crippen molar-refractivity contribution in [3.63, 3.8) is 0 Å². The Morgan fingerprint density at radius 2 is 1.04 bits per heavy atom. The van der Waals surface area contributed by atoms with Gasteiger partial charge < -0.3 is 4.42 Å². The van der Waals surface area contributed by atoms with Crippen LogP contribution in [0.15, 0.2) is 174 Å². The van der Waals surface area contributed by atoms with Crippen molar-refractivity contribution >= 4 is 49.6 Å². The van der Waals surface area contributed by atoms with Crippen LogP contribution in [0.25, 0.3) is 82.9 Å². The molecule has 0 saturated carbocycles. The molecule has 50 heavy (non-hydrogen) atoms. The lowest BCUT2D eigenvalue weighted by atomic mass is 9.71. The average molecular weight is 639 g/mol. The predicted octanol–water partition coefficient (Wildman–Crippen LogP) is 13.7. The van der Waals surface area contributed by atoms with E-state index in [0.29, 0.717) is 5.92 Å². The van der Waals surface area contributed by atoms with Gasteiger partial charge in [-0.25, -0.2) is 0 Å². The highest BCUT2D eigenvalue weighted by molar-refractivity contribution is 6.16. The molecule has 0 fully saturated rings. The van der Waals surface area contributed by atoms with E-state index in [9.17, 15) is 0 Å². The largest absolute Gasteiger partial charge is 0.456 e. The number of furan rings is 1. The molecule has 2 unspecified atom stereocenters. The molecule has 1 aromatic heterocycles. The highest BCUT2D eigenvalue weighted by atomic mass is 16.3. The quantitative estimate of drug-likeness (QED) is 0.175. The van der Waals surface area contributed by atoms with Crippen LogP contribution in [0.4, 0.5) is 0 Å². The fourth-order valence-electron chi connectivity index (χ4n) is 8.63. The third-order valence-corrected chi connectivity index (χ3v) is 10.8. The third-order valence-electron chi connectivity index (χ3n) is 10.8. The Labute approximate surface area is 291 Å². The maximum absolute atomic E-state index is 6.32. The molecule has 0 spiro atoms. The van der Waals surface area contributed by atoms with Gasteiger partial charge in [-0.3, -0.25) is 0 Å². The van der Waals surface area contributed by atoms with Gasteiger partial charge in [0.05, 0.1) is 0 Å². The van der Waals surface area contributed by atoms with E-state index in [2.05, 4.69) is 177 Å². The second-order valence-corrected chi connectivity index (χ2v) is 13.6. The molecule has 9 aromatic rings. The van der Waals surface area contributed by atoms with Crippen LogP contribution in [0.5, 0.6) is 0 Å². The minimum Gasteiger partial charge on any atom is -0.456 e. The van der Waals surface area contributed by atoms with Crippen LogP contribution in [0.2, 0.25) is 0 Å². The van der Waals surface area contributed by atoms with E-state index < -0.39 is 0 Å². The summed E-state index contributed by atoms with van der Waals surface area (Å²) in [4.78, 5) is 0. The Bertz CT molecular complexity index is 2720. The number of fused-ring (bicyclic) bond motifs is 6. The van der Waals surface area contributed by atoms with E-state index in [0.717, 1.165) is 16.6 Å². The topological polar surface area (TPSA) is 13.1 Å². The molecule has 1 aliphatic rings. The molecule has 1 aliphatic carbocycles. The SMILES string of the molecule is CC1C=Cc2c(-c3cccc4oc5ccccc5c34)cccc2C1c1c2ccccc2c(-c2cccc(-c3ccccc3)c2)c2ccccc12. The van der Waals surface area contributed by atoms with Crippen LogP contribution in [0.1, 0.15) is 29.5 Å². The first-order valence-electron chi connectivity index (χ1n) is 17.6. The maximum atomic E-state index is 6.32. The maximum Gasteiger partial charge on any atom is 0.136 e. The lowest BCUT2D eigenvalue weighted by Crippen LogP contribution is -2.16. The van der Waals surface area contributed by atoms with Gasteiger partial charge in [0, 0.05) is 16.7 Å². The van der Waals surface area contributed by atoms with E-state index in [1.54, 1.807) is 0 Å². The minimum absolute atomic E-state index is 0.176. The molecule has 1 heteroatoms. The zero-order valence-corrected chi connectivity index (χ0v) is 27.8. The van der Waals surface area contributed by atoms with Crippen LogP contribution in [-0.4, -0.2) is 0 Å². The van der Waals surface area contributed by atoms with Crippen molar-refractivity contribution in [3.8, 4) is 33.4 Å². The van der Waals surface area contributed by atoms with Crippen molar-refractivity contribution in [1.29, 1.82) is 0 Å². The van der Waals surface area contributed by atoms with E-state index in [1.165, 1.54) is 77.0 Å². The Balaban J connectivity index is 1.22. The molecule has 0 radical (unpaired) electrons. The molecule has 1 nitrogen and oxygen atoms in total. The molecule has 10 rings (SSSR count). The average Bonchev–Trinajstić information content (AvgIpc) is 3.56. The van der Waals surface area contributed by atoms with Gasteiger partial charge in [0.1, 0.15) is 11.2 Å². The summed E-state index contributed by atoms with van der Waals surface area (Å²) in [6.45, 7) is 2.38. The summed E-state index contributed by atoms with van der Waals surface area (Å²) in [5.74, 6) is 0.483. The lowest BCUT2D eigenvalue weighted by Gasteiger charge is -2.32. The lowest BCUT2D eigenvalue weighted by molar-refractivity contribution is 0.626. The smallest absolute Gasteiger partial charge is 0.136 e. The monoisotopic (exact) mass is 638 g/mol. The summed E-state index contributed by atoms with van der Waals surface area (Å²) in [5.41, 5.74) is 13.4. The molecule has 2 atom stereocenters. The Kier molecular flexibility index (Phi) is 6.60. The molecule has 0 bridgehead atoms. The molecule has 0 saturated heterocycles. The fraction of sp³-hybridized carbons (Fsp3) is 0.0612. The van der Waals surface area contributed by atoms with Gasteiger partial charge in [0.25, 0.3) is 0 Å². The van der Waals surface area contributed by atoms with Gasteiger partial charge in [-0.15, -0.1) is 0 Å². The van der Waals surface area contributed by atoms with Crippen molar-refractivity contribution in [2.45, 2.75) is 12.8 Å². The highest BCUT2D eigenvalue weighted by Gasteiger charge is 2.31. The van der Waals surface area contributed by atoms with Crippen molar-refractivity contribution in [2.24, 2.45) is 5.92 Å². The van der Waals surface area contributed by atoms with Crippen LogP contribution < -0.4 is 0 Å². The first kappa shape index (κ1) is 28.8. The Morgan fingerprint density at radius 1 is 0.460 bits per heavy atom. The number of rotatable bonds is 4. The molecular formula is C49H34O. The number of hydrogen-bond acceptors (Lipinski definition) is 1. The van der Waals surface area contributed by atoms with Gasteiger partial charge >= 0.3 is 0 Å². The van der Waals surface area contributed by atoms with Crippen molar-refractivity contribution < 1.29 is 4.42 Å². The molecule has 0 N–H and O–H groups in total. The van der Waals surface area contributed by atoms with Crippen LogP contribution >= 0.6 is 0 Å². The Hall–Kier alpha value is -6.18. The molecular weight excluding hydrogens is 605 g/mol. The highest BCUT2D eigenvalue weighted by Crippen LogP contribution is 2.50. The van der Waals surface area contributed by atoms with Crippen LogP contribution in [0, 0.1) is 5.92 Å².